The van der Waals surface area contributed by atoms with Gasteiger partial charge in [-0.05, 0) is 48.1 Å². The molecule has 0 amide bonds. The van der Waals surface area contributed by atoms with Crippen LogP contribution in [0.2, 0.25) is 0 Å². The Balaban J connectivity index is 1.56. The molecular weight excluding hydrogens is 352 g/mol. The summed E-state index contributed by atoms with van der Waals surface area (Å²) in [6.45, 7) is 4.12. The lowest BCUT2D eigenvalue weighted by Gasteiger charge is -2.08. The topological polar surface area (TPSA) is 34.4 Å². The molecule has 4 aromatic rings. The lowest BCUT2D eigenvalue weighted by atomic mass is 9.98. The van der Waals surface area contributed by atoms with Crippen LogP contribution in [0.5, 0.6) is 0 Å². The van der Waals surface area contributed by atoms with E-state index >= 15 is 0 Å². The molecule has 2 aromatic heterocycles. The number of fused-ring (bicyclic) bond motifs is 4. The van der Waals surface area contributed by atoms with Crippen molar-refractivity contribution in [1.82, 2.24) is 9.38 Å². The summed E-state index contributed by atoms with van der Waals surface area (Å²) in [5.74, 6) is -0.0392. The summed E-state index contributed by atoms with van der Waals surface area (Å²) >= 11 is 1.73. The van der Waals surface area contributed by atoms with Crippen LogP contribution in [0.4, 0.5) is 0 Å². The SMILES string of the molecule is C=C(C(=O)c1cnc2sc3c(n12)CCCCC3)c1ccc2ccccc2c1. The summed E-state index contributed by atoms with van der Waals surface area (Å²) in [5, 5.41) is 2.28. The van der Waals surface area contributed by atoms with Crippen LogP contribution in [0.25, 0.3) is 21.3 Å². The Labute approximate surface area is 162 Å². The van der Waals surface area contributed by atoms with Crippen LogP contribution in [0.1, 0.15) is 45.9 Å². The molecule has 0 bridgehead atoms. The normalized spacial score (nSPS) is 14.2. The molecule has 3 nitrogen and oxygen atoms in total. The Morgan fingerprint density at radius 3 is 2.74 bits per heavy atom. The van der Waals surface area contributed by atoms with Gasteiger partial charge in [-0.2, -0.15) is 0 Å². The van der Waals surface area contributed by atoms with Gasteiger partial charge in [-0.3, -0.25) is 9.20 Å². The molecule has 0 N–H and O–H groups in total. The molecule has 0 saturated heterocycles. The van der Waals surface area contributed by atoms with E-state index in [0.29, 0.717) is 11.3 Å². The van der Waals surface area contributed by atoms with E-state index in [1.54, 1.807) is 17.5 Å². The predicted octanol–water partition coefficient (Wildman–Crippen LogP) is 5.71. The zero-order valence-electron chi connectivity index (χ0n) is 15.1. The Morgan fingerprint density at radius 2 is 1.85 bits per heavy atom. The van der Waals surface area contributed by atoms with E-state index in [1.165, 1.54) is 29.8 Å². The number of carbonyl (C=O) groups is 1. The summed E-state index contributed by atoms with van der Waals surface area (Å²) < 4.78 is 2.08. The average molecular weight is 372 g/mol. The fourth-order valence-corrected chi connectivity index (χ4v) is 5.17. The number of imidazole rings is 1. The van der Waals surface area contributed by atoms with Crippen LogP contribution in [0.15, 0.2) is 55.2 Å². The number of rotatable bonds is 3. The Kier molecular flexibility index (Phi) is 3.94. The van der Waals surface area contributed by atoms with Gasteiger partial charge >= 0.3 is 0 Å². The van der Waals surface area contributed by atoms with Crippen molar-refractivity contribution in [2.45, 2.75) is 32.1 Å². The number of benzene rings is 2. The number of Topliss-reactive ketones (excluding diaryl/α,β-unsaturated/α-hetero) is 1. The Hall–Kier alpha value is -2.72. The van der Waals surface area contributed by atoms with Gasteiger partial charge in [-0.1, -0.05) is 49.4 Å². The van der Waals surface area contributed by atoms with Crippen molar-refractivity contribution in [1.29, 1.82) is 0 Å². The molecule has 2 heterocycles. The van der Waals surface area contributed by atoms with Crippen LogP contribution >= 0.6 is 11.3 Å². The number of allylic oxidation sites excluding steroid dienone is 1. The van der Waals surface area contributed by atoms with Crippen LogP contribution in [0, 0.1) is 0 Å². The number of nitrogens with zero attached hydrogens (tertiary/aromatic N) is 2. The number of hydrogen-bond acceptors (Lipinski definition) is 3. The van der Waals surface area contributed by atoms with Gasteiger partial charge in [0, 0.05) is 16.1 Å². The van der Waals surface area contributed by atoms with E-state index < -0.39 is 0 Å². The van der Waals surface area contributed by atoms with E-state index in [4.69, 9.17) is 0 Å². The largest absolute Gasteiger partial charge is 0.287 e. The van der Waals surface area contributed by atoms with Crippen molar-refractivity contribution in [2.75, 3.05) is 0 Å². The second-order valence-electron chi connectivity index (χ2n) is 7.16. The van der Waals surface area contributed by atoms with Gasteiger partial charge in [0.2, 0.25) is 5.78 Å². The fraction of sp³-hybridized carbons (Fsp3) is 0.217. The maximum absolute atomic E-state index is 13.3. The summed E-state index contributed by atoms with van der Waals surface area (Å²) in [5.41, 5.74) is 3.31. The van der Waals surface area contributed by atoms with Crippen LogP contribution in [0.3, 0.4) is 0 Å². The molecule has 0 fully saturated rings. The van der Waals surface area contributed by atoms with E-state index in [1.807, 2.05) is 30.3 Å². The van der Waals surface area contributed by atoms with E-state index in [-0.39, 0.29) is 5.78 Å². The molecule has 134 valence electrons. The van der Waals surface area contributed by atoms with Crippen LogP contribution in [-0.2, 0) is 12.8 Å². The molecule has 1 aliphatic carbocycles. The monoisotopic (exact) mass is 372 g/mol. The molecule has 4 heteroatoms. The highest BCUT2D eigenvalue weighted by Gasteiger charge is 2.23. The third-order valence-corrected chi connectivity index (χ3v) is 6.61. The number of ketones is 1. The molecule has 1 aliphatic rings. The standard InChI is InChI=1S/C23H20N2OS/c1-15(17-12-11-16-7-5-6-8-18(16)13-17)22(26)20-14-24-23-25(20)19-9-3-2-4-10-21(19)27-23/h5-8,11-14H,1-4,9-10H2. The number of aryl methyl sites for hydroxylation is 2. The zero-order chi connectivity index (χ0) is 18.4. The number of thiazole rings is 1. The second kappa shape index (κ2) is 6.46. The molecule has 2 aromatic carbocycles. The summed E-state index contributed by atoms with van der Waals surface area (Å²) in [4.78, 5) is 20.1. The average Bonchev–Trinajstić information content (AvgIpc) is 3.18. The van der Waals surface area contributed by atoms with Crippen molar-refractivity contribution >= 4 is 38.4 Å². The lowest BCUT2D eigenvalue weighted by molar-refractivity contribution is 0.105. The van der Waals surface area contributed by atoms with Gasteiger partial charge in [0.1, 0.15) is 5.69 Å². The summed E-state index contributed by atoms with van der Waals surface area (Å²) in [6, 6.07) is 14.2. The molecule has 0 radical (unpaired) electrons. The first-order valence-corrected chi connectivity index (χ1v) is 10.2. The first kappa shape index (κ1) is 16.5. The third-order valence-electron chi connectivity index (χ3n) is 5.46. The minimum atomic E-state index is -0.0392. The van der Waals surface area contributed by atoms with Gasteiger partial charge in [0.25, 0.3) is 0 Å². The number of aromatic nitrogens is 2. The second-order valence-corrected chi connectivity index (χ2v) is 8.23. The lowest BCUT2D eigenvalue weighted by Crippen LogP contribution is -2.07. The molecule has 27 heavy (non-hydrogen) atoms. The zero-order valence-corrected chi connectivity index (χ0v) is 15.9. The highest BCUT2D eigenvalue weighted by atomic mass is 32.1. The molecule has 5 rings (SSSR count). The minimum absolute atomic E-state index is 0.0392. The summed E-state index contributed by atoms with van der Waals surface area (Å²) in [7, 11) is 0. The van der Waals surface area contributed by atoms with Crippen molar-refractivity contribution in [3.05, 3.63) is 77.1 Å². The Bertz CT molecular complexity index is 1200. The fourth-order valence-electron chi connectivity index (χ4n) is 3.99. The van der Waals surface area contributed by atoms with Crippen molar-refractivity contribution in [2.24, 2.45) is 0 Å². The first-order chi connectivity index (χ1) is 13.2. The Morgan fingerprint density at radius 1 is 1.04 bits per heavy atom. The number of hydrogen-bond donors (Lipinski definition) is 0. The smallest absolute Gasteiger partial charge is 0.211 e. The van der Waals surface area contributed by atoms with Gasteiger partial charge in [-0.15, -0.1) is 11.3 Å². The highest BCUT2D eigenvalue weighted by molar-refractivity contribution is 7.17. The van der Waals surface area contributed by atoms with E-state index in [0.717, 1.165) is 34.1 Å². The van der Waals surface area contributed by atoms with Crippen molar-refractivity contribution in [3.8, 4) is 0 Å². The molecule has 0 saturated carbocycles. The van der Waals surface area contributed by atoms with E-state index in [2.05, 4.69) is 28.1 Å². The van der Waals surface area contributed by atoms with Gasteiger partial charge in [0.05, 0.1) is 6.20 Å². The van der Waals surface area contributed by atoms with Crippen LogP contribution < -0.4 is 0 Å². The van der Waals surface area contributed by atoms with Gasteiger partial charge < -0.3 is 0 Å². The minimum Gasteiger partial charge on any atom is -0.287 e. The van der Waals surface area contributed by atoms with Crippen molar-refractivity contribution < 1.29 is 4.79 Å². The predicted molar refractivity (Wildman–Crippen MR) is 112 cm³/mol. The molecule has 0 spiro atoms. The quantitative estimate of drug-likeness (QED) is 0.262. The molecule has 0 unspecified atom stereocenters. The molecule has 0 aliphatic heterocycles. The number of carbonyl (C=O) groups excluding carboxylic acids is 1. The first-order valence-electron chi connectivity index (χ1n) is 9.43. The van der Waals surface area contributed by atoms with Crippen molar-refractivity contribution in [3.63, 3.8) is 0 Å². The molecular formula is C23H20N2OS. The summed E-state index contributed by atoms with van der Waals surface area (Å²) in [6.07, 6.45) is 7.49. The maximum atomic E-state index is 13.3. The van der Waals surface area contributed by atoms with E-state index in [9.17, 15) is 4.79 Å². The van der Waals surface area contributed by atoms with Crippen LogP contribution in [-0.4, -0.2) is 15.2 Å². The maximum Gasteiger partial charge on any atom is 0.211 e. The highest BCUT2D eigenvalue weighted by Crippen LogP contribution is 2.31. The van der Waals surface area contributed by atoms with Gasteiger partial charge in [-0.25, -0.2) is 4.98 Å². The van der Waals surface area contributed by atoms with Gasteiger partial charge in [0.15, 0.2) is 4.96 Å². The third kappa shape index (κ3) is 2.72. The molecule has 0 atom stereocenters.